The molecular formula is C14H18BrNO. The van der Waals surface area contributed by atoms with Crippen LogP contribution in [0.25, 0.3) is 0 Å². The van der Waals surface area contributed by atoms with Crippen molar-refractivity contribution in [1.82, 2.24) is 4.90 Å². The molecule has 3 heteroatoms. The summed E-state index contributed by atoms with van der Waals surface area (Å²) in [6.07, 6.45) is 5.09. The van der Waals surface area contributed by atoms with Crippen molar-refractivity contribution in [3.63, 3.8) is 0 Å². The van der Waals surface area contributed by atoms with Gasteiger partial charge in [-0.1, -0.05) is 28.1 Å². The second kappa shape index (κ2) is 6.20. The molecule has 1 aliphatic heterocycles. The van der Waals surface area contributed by atoms with E-state index >= 15 is 0 Å². The maximum atomic E-state index is 12.0. The summed E-state index contributed by atoms with van der Waals surface area (Å²) in [7, 11) is 0. The Morgan fingerprint density at radius 3 is 2.71 bits per heavy atom. The van der Waals surface area contributed by atoms with Gasteiger partial charge in [-0.25, -0.2) is 0 Å². The maximum Gasteiger partial charge on any atom is 0.222 e. The molecule has 0 atom stereocenters. The Balaban J connectivity index is 1.83. The molecule has 0 bridgehead atoms. The maximum absolute atomic E-state index is 12.0. The summed E-state index contributed by atoms with van der Waals surface area (Å²) in [5.41, 5.74) is 1.23. The highest BCUT2D eigenvalue weighted by Crippen LogP contribution is 2.15. The van der Waals surface area contributed by atoms with Crippen LogP contribution in [-0.2, 0) is 11.2 Å². The van der Waals surface area contributed by atoms with Crippen LogP contribution in [0.4, 0.5) is 0 Å². The van der Waals surface area contributed by atoms with Gasteiger partial charge in [0, 0.05) is 24.0 Å². The lowest BCUT2D eigenvalue weighted by molar-refractivity contribution is -0.132. The number of piperidine rings is 1. The molecule has 1 aromatic rings. The highest BCUT2D eigenvalue weighted by atomic mass is 79.9. The van der Waals surface area contributed by atoms with E-state index in [1.165, 1.54) is 24.8 Å². The number of halogens is 1. The molecule has 0 aliphatic carbocycles. The van der Waals surface area contributed by atoms with Gasteiger partial charge >= 0.3 is 0 Å². The lowest BCUT2D eigenvalue weighted by Gasteiger charge is -2.26. The standard InChI is InChI=1S/C14H18BrNO/c15-13-6-4-5-12(11-13)7-8-14(17)16-9-2-1-3-10-16/h4-6,11H,1-3,7-10H2. The van der Waals surface area contributed by atoms with Crippen LogP contribution in [0.3, 0.4) is 0 Å². The largest absolute Gasteiger partial charge is 0.343 e. The van der Waals surface area contributed by atoms with Gasteiger partial charge in [0.05, 0.1) is 0 Å². The van der Waals surface area contributed by atoms with Crippen LogP contribution < -0.4 is 0 Å². The third-order valence-corrected chi connectivity index (χ3v) is 3.72. The normalized spacial score (nSPS) is 15.9. The summed E-state index contributed by atoms with van der Waals surface area (Å²) in [6, 6.07) is 8.19. The van der Waals surface area contributed by atoms with E-state index in [2.05, 4.69) is 28.1 Å². The average molecular weight is 296 g/mol. The lowest BCUT2D eigenvalue weighted by atomic mass is 10.1. The van der Waals surface area contributed by atoms with Crippen molar-refractivity contribution >= 4 is 21.8 Å². The molecule has 0 saturated carbocycles. The van der Waals surface area contributed by atoms with Gasteiger partial charge in [-0.3, -0.25) is 4.79 Å². The van der Waals surface area contributed by atoms with Crippen LogP contribution in [0.1, 0.15) is 31.2 Å². The number of rotatable bonds is 3. The Morgan fingerprint density at radius 2 is 2.00 bits per heavy atom. The van der Waals surface area contributed by atoms with E-state index in [0.717, 1.165) is 24.0 Å². The SMILES string of the molecule is O=C(CCc1cccc(Br)c1)N1CCCCC1. The molecule has 1 aromatic carbocycles. The van der Waals surface area contributed by atoms with Crippen LogP contribution in [0, 0.1) is 0 Å². The van der Waals surface area contributed by atoms with Crippen LogP contribution in [-0.4, -0.2) is 23.9 Å². The van der Waals surface area contributed by atoms with Gasteiger partial charge in [-0.15, -0.1) is 0 Å². The minimum atomic E-state index is 0.310. The van der Waals surface area contributed by atoms with E-state index < -0.39 is 0 Å². The Morgan fingerprint density at radius 1 is 1.24 bits per heavy atom. The second-order valence-corrected chi connectivity index (χ2v) is 5.49. The number of hydrogen-bond donors (Lipinski definition) is 0. The fraction of sp³-hybridized carbons (Fsp3) is 0.500. The van der Waals surface area contributed by atoms with Crippen LogP contribution in [0.5, 0.6) is 0 Å². The van der Waals surface area contributed by atoms with E-state index in [1.807, 2.05) is 17.0 Å². The monoisotopic (exact) mass is 295 g/mol. The van der Waals surface area contributed by atoms with Crippen molar-refractivity contribution in [3.8, 4) is 0 Å². The minimum Gasteiger partial charge on any atom is -0.343 e. The predicted molar refractivity (Wildman–Crippen MR) is 72.9 cm³/mol. The van der Waals surface area contributed by atoms with Crippen molar-refractivity contribution in [2.24, 2.45) is 0 Å². The quantitative estimate of drug-likeness (QED) is 0.837. The molecule has 1 saturated heterocycles. The average Bonchev–Trinajstić information content (AvgIpc) is 2.37. The third-order valence-electron chi connectivity index (χ3n) is 3.23. The fourth-order valence-electron chi connectivity index (χ4n) is 2.25. The summed E-state index contributed by atoms with van der Waals surface area (Å²) in [5, 5.41) is 0. The molecule has 2 rings (SSSR count). The molecule has 0 N–H and O–H groups in total. The first-order valence-corrected chi connectivity index (χ1v) is 7.07. The first-order chi connectivity index (χ1) is 8.25. The number of hydrogen-bond acceptors (Lipinski definition) is 1. The van der Waals surface area contributed by atoms with Crippen molar-refractivity contribution in [2.75, 3.05) is 13.1 Å². The molecule has 0 spiro atoms. The number of likely N-dealkylation sites (tertiary alicyclic amines) is 1. The molecule has 1 aliphatic rings. The van der Waals surface area contributed by atoms with E-state index in [1.54, 1.807) is 0 Å². The molecule has 92 valence electrons. The summed E-state index contributed by atoms with van der Waals surface area (Å²) >= 11 is 3.45. The molecule has 2 nitrogen and oxygen atoms in total. The summed E-state index contributed by atoms with van der Waals surface area (Å²) in [6.45, 7) is 1.91. The first-order valence-electron chi connectivity index (χ1n) is 6.28. The van der Waals surface area contributed by atoms with Gasteiger partial charge in [-0.2, -0.15) is 0 Å². The molecule has 1 amide bonds. The highest BCUT2D eigenvalue weighted by Gasteiger charge is 2.15. The van der Waals surface area contributed by atoms with Gasteiger partial charge in [0.2, 0.25) is 5.91 Å². The Bertz CT molecular complexity index is 386. The predicted octanol–water partition coefficient (Wildman–Crippen LogP) is 3.39. The van der Waals surface area contributed by atoms with Crippen LogP contribution in [0.2, 0.25) is 0 Å². The minimum absolute atomic E-state index is 0.310. The lowest BCUT2D eigenvalue weighted by Crippen LogP contribution is -2.35. The smallest absolute Gasteiger partial charge is 0.222 e. The summed E-state index contributed by atoms with van der Waals surface area (Å²) < 4.78 is 1.08. The summed E-state index contributed by atoms with van der Waals surface area (Å²) in [5.74, 6) is 0.310. The van der Waals surface area contributed by atoms with E-state index in [9.17, 15) is 4.79 Å². The van der Waals surface area contributed by atoms with E-state index in [-0.39, 0.29) is 0 Å². The van der Waals surface area contributed by atoms with Crippen molar-refractivity contribution in [2.45, 2.75) is 32.1 Å². The molecular weight excluding hydrogens is 278 g/mol. The zero-order valence-electron chi connectivity index (χ0n) is 9.99. The highest BCUT2D eigenvalue weighted by molar-refractivity contribution is 9.10. The number of benzene rings is 1. The molecule has 0 aromatic heterocycles. The zero-order chi connectivity index (χ0) is 12.1. The Kier molecular flexibility index (Phi) is 4.60. The van der Waals surface area contributed by atoms with Gasteiger partial charge in [0.25, 0.3) is 0 Å². The fourth-order valence-corrected chi connectivity index (χ4v) is 2.69. The second-order valence-electron chi connectivity index (χ2n) is 4.57. The molecule has 0 radical (unpaired) electrons. The van der Waals surface area contributed by atoms with Crippen molar-refractivity contribution < 1.29 is 4.79 Å². The Hall–Kier alpha value is -0.830. The van der Waals surface area contributed by atoms with Crippen LogP contribution in [0.15, 0.2) is 28.7 Å². The van der Waals surface area contributed by atoms with Crippen molar-refractivity contribution in [1.29, 1.82) is 0 Å². The van der Waals surface area contributed by atoms with Gasteiger partial charge < -0.3 is 4.90 Å². The van der Waals surface area contributed by atoms with E-state index in [0.29, 0.717) is 12.3 Å². The molecule has 0 unspecified atom stereocenters. The Labute approximate surface area is 111 Å². The zero-order valence-corrected chi connectivity index (χ0v) is 11.6. The van der Waals surface area contributed by atoms with Crippen LogP contribution >= 0.6 is 15.9 Å². The number of carbonyl (C=O) groups is 1. The topological polar surface area (TPSA) is 20.3 Å². The number of carbonyl (C=O) groups excluding carboxylic acids is 1. The summed E-state index contributed by atoms with van der Waals surface area (Å²) in [4.78, 5) is 14.0. The third kappa shape index (κ3) is 3.84. The van der Waals surface area contributed by atoms with Gasteiger partial charge in [0.1, 0.15) is 0 Å². The molecule has 1 heterocycles. The number of aryl methyl sites for hydroxylation is 1. The number of amides is 1. The molecule has 1 fully saturated rings. The number of nitrogens with zero attached hydrogens (tertiary/aromatic N) is 1. The molecule has 17 heavy (non-hydrogen) atoms. The van der Waals surface area contributed by atoms with Gasteiger partial charge in [-0.05, 0) is 43.4 Å². The first kappa shape index (κ1) is 12.6. The van der Waals surface area contributed by atoms with Crippen molar-refractivity contribution in [3.05, 3.63) is 34.3 Å². The van der Waals surface area contributed by atoms with Gasteiger partial charge in [0.15, 0.2) is 0 Å². The van der Waals surface area contributed by atoms with E-state index in [4.69, 9.17) is 0 Å².